The van der Waals surface area contributed by atoms with Gasteiger partial charge in [-0.15, -0.1) is 0 Å². The minimum Gasteiger partial charge on any atom is -0.369 e. The summed E-state index contributed by atoms with van der Waals surface area (Å²) in [6, 6.07) is 16.4. The van der Waals surface area contributed by atoms with Gasteiger partial charge in [-0.3, -0.25) is 9.69 Å². The maximum absolute atomic E-state index is 12.7. The molecule has 156 valence electrons. The third kappa shape index (κ3) is 4.36. The topological polar surface area (TPSA) is 66.3 Å². The Bertz CT molecular complexity index is 964. The predicted molar refractivity (Wildman–Crippen MR) is 118 cm³/mol. The zero-order valence-electron chi connectivity index (χ0n) is 17.5. The second-order valence-corrected chi connectivity index (χ2v) is 7.66. The number of amides is 1. The Labute approximate surface area is 177 Å². The molecule has 1 aromatic carbocycles. The molecule has 1 atom stereocenters. The molecule has 3 aromatic rings. The first kappa shape index (κ1) is 20.1. The van der Waals surface area contributed by atoms with E-state index in [2.05, 4.69) is 56.4 Å². The molecule has 0 aliphatic carbocycles. The molecule has 1 fully saturated rings. The van der Waals surface area contributed by atoms with E-state index in [1.807, 2.05) is 31.2 Å². The fourth-order valence-corrected chi connectivity index (χ4v) is 3.87. The fourth-order valence-electron chi connectivity index (χ4n) is 3.87. The maximum atomic E-state index is 12.7. The van der Waals surface area contributed by atoms with E-state index in [-0.39, 0.29) is 11.9 Å². The fraction of sp³-hybridized carbons (Fsp3) is 0.348. The smallest absolute Gasteiger partial charge is 0.254 e. The van der Waals surface area contributed by atoms with Crippen LogP contribution >= 0.6 is 0 Å². The molecule has 2 aromatic heterocycles. The van der Waals surface area contributed by atoms with Crippen molar-refractivity contribution in [1.82, 2.24) is 25.0 Å². The number of pyridine rings is 1. The number of piperazine rings is 1. The van der Waals surface area contributed by atoms with E-state index < -0.39 is 0 Å². The molecule has 0 bridgehead atoms. The van der Waals surface area contributed by atoms with E-state index in [0.29, 0.717) is 17.9 Å². The van der Waals surface area contributed by atoms with Gasteiger partial charge >= 0.3 is 0 Å². The number of anilines is 1. The molecule has 7 nitrogen and oxygen atoms in total. The number of rotatable bonds is 6. The SMILES string of the molecule is Cc1c(C(=O)NCC(C)N2CCN(c3ccccc3)CC2)cnn1-c1ccccn1. The monoisotopic (exact) mass is 404 g/mol. The van der Waals surface area contributed by atoms with Crippen molar-refractivity contribution >= 4 is 11.6 Å². The number of hydrogen-bond donors (Lipinski definition) is 1. The van der Waals surface area contributed by atoms with Gasteiger partial charge in [-0.1, -0.05) is 24.3 Å². The summed E-state index contributed by atoms with van der Waals surface area (Å²) in [5.74, 6) is 0.614. The number of carbonyl (C=O) groups is 1. The van der Waals surface area contributed by atoms with Crippen LogP contribution in [0.15, 0.2) is 60.9 Å². The van der Waals surface area contributed by atoms with Crippen molar-refractivity contribution in [2.24, 2.45) is 0 Å². The normalized spacial score (nSPS) is 15.7. The molecule has 1 unspecified atom stereocenters. The average Bonchev–Trinajstić information content (AvgIpc) is 3.20. The highest BCUT2D eigenvalue weighted by molar-refractivity contribution is 5.95. The van der Waals surface area contributed by atoms with Crippen molar-refractivity contribution in [3.8, 4) is 5.82 Å². The van der Waals surface area contributed by atoms with Crippen LogP contribution in [0.2, 0.25) is 0 Å². The van der Waals surface area contributed by atoms with Crippen LogP contribution < -0.4 is 10.2 Å². The number of para-hydroxylation sites is 1. The number of carbonyl (C=O) groups excluding carboxylic acids is 1. The van der Waals surface area contributed by atoms with E-state index in [1.54, 1.807) is 17.1 Å². The first-order chi connectivity index (χ1) is 14.6. The van der Waals surface area contributed by atoms with Crippen molar-refractivity contribution < 1.29 is 4.79 Å². The first-order valence-electron chi connectivity index (χ1n) is 10.4. The molecule has 1 amide bonds. The number of hydrogen-bond acceptors (Lipinski definition) is 5. The number of benzene rings is 1. The molecule has 0 spiro atoms. The van der Waals surface area contributed by atoms with Crippen molar-refractivity contribution in [2.75, 3.05) is 37.6 Å². The van der Waals surface area contributed by atoms with Gasteiger partial charge < -0.3 is 10.2 Å². The van der Waals surface area contributed by atoms with Crippen LogP contribution in [0.3, 0.4) is 0 Å². The molecule has 0 radical (unpaired) electrons. The highest BCUT2D eigenvalue weighted by Gasteiger charge is 2.22. The number of aromatic nitrogens is 3. The minimum atomic E-state index is -0.0931. The summed E-state index contributed by atoms with van der Waals surface area (Å²) in [6.45, 7) is 8.64. The van der Waals surface area contributed by atoms with Gasteiger partial charge in [0.1, 0.15) is 0 Å². The standard InChI is InChI=1S/C23H28N6O/c1-18(27-12-14-28(15-13-27)20-8-4-3-5-9-20)16-25-23(30)21-17-26-29(19(21)2)22-10-6-7-11-24-22/h3-11,17-18H,12-16H2,1-2H3,(H,25,30). The lowest BCUT2D eigenvalue weighted by molar-refractivity contribution is 0.0933. The van der Waals surface area contributed by atoms with E-state index in [9.17, 15) is 4.79 Å². The maximum Gasteiger partial charge on any atom is 0.254 e. The summed E-state index contributed by atoms with van der Waals surface area (Å²) in [5.41, 5.74) is 2.65. The predicted octanol–water partition coefficient (Wildman–Crippen LogP) is 2.52. The van der Waals surface area contributed by atoms with Crippen molar-refractivity contribution in [3.63, 3.8) is 0 Å². The largest absolute Gasteiger partial charge is 0.369 e. The van der Waals surface area contributed by atoms with Crippen molar-refractivity contribution in [2.45, 2.75) is 19.9 Å². The highest BCUT2D eigenvalue weighted by Crippen LogP contribution is 2.17. The average molecular weight is 405 g/mol. The third-order valence-electron chi connectivity index (χ3n) is 5.74. The number of nitrogens with zero attached hydrogens (tertiary/aromatic N) is 5. The molecule has 1 aliphatic heterocycles. The van der Waals surface area contributed by atoms with Gasteiger partial charge in [0.2, 0.25) is 0 Å². The summed E-state index contributed by atoms with van der Waals surface area (Å²) >= 11 is 0. The van der Waals surface area contributed by atoms with E-state index in [0.717, 1.165) is 31.9 Å². The van der Waals surface area contributed by atoms with E-state index >= 15 is 0 Å². The molecule has 30 heavy (non-hydrogen) atoms. The van der Waals surface area contributed by atoms with Gasteiger partial charge in [-0.05, 0) is 38.1 Å². The van der Waals surface area contributed by atoms with Gasteiger partial charge in [0.15, 0.2) is 5.82 Å². The molecule has 4 rings (SSSR count). The number of nitrogens with one attached hydrogen (secondary N) is 1. The second-order valence-electron chi connectivity index (χ2n) is 7.66. The molecule has 1 saturated heterocycles. The van der Waals surface area contributed by atoms with Crippen LogP contribution in [0, 0.1) is 6.92 Å². The van der Waals surface area contributed by atoms with Gasteiger partial charge in [-0.25, -0.2) is 9.67 Å². The molecule has 1 N–H and O–H groups in total. The molecule has 7 heteroatoms. The van der Waals surface area contributed by atoms with Gasteiger partial charge in [0, 0.05) is 50.6 Å². The van der Waals surface area contributed by atoms with Crippen LogP contribution in [-0.4, -0.2) is 64.3 Å². The first-order valence-corrected chi connectivity index (χ1v) is 10.4. The van der Waals surface area contributed by atoms with E-state index in [1.165, 1.54) is 5.69 Å². The molecular weight excluding hydrogens is 376 g/mol. The summed E-state index contributed by atoms with van der Waals surface area (Å²) in [4.78, 5) is 21.9. The minimum absolute atomic E-state index is 0.0931. The Hall–Kier alpha value is -3.19. The van der Waals surface area contributed by atoms with Crippen LogP contribution in [-0.2, 0) is 0 Å². The highest BCUT2D eigenvalue weighted by atomic mass is 16.1. The van der Waals surface area contributed by atoms with Crippen LogP contribution in [0.1, 0.15) is 23.0 Å². The zero-order chi connectivity index (χ0) is 20.9. The Morgan fingerprint density at radius 3 is 2.50 bits per heavy atom. The molecule has 0 saturated carbocycles. The van der Waals surface area contributed by atoms with E-state index in [4.69, 9.17) is 0 Å². The van der Waals surface area contributed by atoms with Gasteiger partial charge in [0.05, 0.1) is 17.5 Å². The van der Waals surface area contributed by atoms with Crippen LogP contribution in [0.25, 0.3) is 5.82 Å². The van der Waals surface area contributed by atoms with Gasteiger partial charge in [0.25, 0.3) is 5.91 Å². The quantitative estimate of drug-likeness (QED) is 0.684. The summed E-state index contributed by atoms with van der Waals surface area (Å²) in [5, 5.41) is 7.42. The second kappa shape index (κ2) is 9.09. The Morgan fingerprint density at radius 1 is 1.07 bits per heavy atom. The lowest BCUT2D eigenvalue weighted by Gasteiger charge is -2.39. The summed E-state index contributed by atoms with van der Waals surface area (Å²) in [6.07, 6.45) is 3.33. The Balaban J connectivity index is 1.30. The van der Waals surface area contributed by atoms with Crippen LogP contribution in [0.5, 0.6) is 0 Å². The molecule has 1 aliphatic rings. The molecule has 3 heterocycles. The van der Waals surface area contributed by atoms with Crippen LogP contribution in [0.4, 0.5) is 5.69 Å². The third-order valence-corrected chi connectivity index (χ3v) is 5.74. The summed E-state index contributed by atoms with van der Waals surface area (Å²) < 4.78 is 1.70. The lowest BCUT2D eigenvalue weighted by atomic mass is 10.2. The Morgan fingerprint density at radius 2 is 1.80 bits per heavy atom. The van der Waals surface area contributed by atoms with Crippen molar-refractivity contribution in [3.05, 3.63) is 72.2 Å². The lowest BCUT2D eigenvalue weighted by Crippen LogP contribution is -2.52. The Kier molecular flexibility index (Phi) is 6.09. The zero-order valence-corrected chi connectivity index (χ0v) is 17.5. The van der Waals surface area contributed by atoms with Crippen molar-refractivity contribution in [1.29, 1.82) is 0 Å². The molecular formula is C23H28N6O. The van der Waals surface area contributed by atoms with Gasteiger partial charge in [-0.2, -0.15) is 5.10 Å². The summed E-state index contributed by atoms with van der Waals surface area (Å²) in [7, 11) is 0.